The third-order valence-electron chi connectivity index (χ3n) is 5.94. The van der Waals surface area contributed by atoms with E-state index in [2.05, 4.69) is 39.8 Å². The molecule has 0 fully saturated rings. The summed E-state index contributed by atoms with van der Waals surface area (Å²) in [6.07, 6.45) is 5.38. The Hall–Kier alpha value is -2.66. The van der Waals surface area contributed by atoms with Crippen molar-refractivity contribution in [2.45, 2.75) is 47.0 Å². The lowest BCUT2D eigenvalue weighted by Gasteiger charge is -2.30. The average molecular weight is 469 g/mol. The molecule has 0 heterocycles. The van der Waals surface area contributed by atoms with Crippen LogP contribution in [-0.4, -0.2) is 32.0 Å². The number of hydrogen-bond donors (Lipinski definition) is 0. The van der Waals surface area contributed by atoms with Crippen LogP contribution in [0.1, 0.15) is 50.3 Å². The molecule has 1 atom stereocenters. The molecule has 33 heavy (non-hydrogen) atoms. The van der Waals surface area contributed by atoms with Crippen LogP contribution in [0, 0.1) is 18.3 Å². The van der Waals surface area contributed by atoms with Gasteiger partial charge in [0.1, 0.15) is 0 Å². The summed E-state index contributed by atoms with van der Waals surface area (Å²) in [7, 11) is 4.71. The number of methoxy groups -OCH3 is 3. The Morgan fingerprint density at radius 3 is 2.12 bits per heavy atom. The summed E-state index contributed by atoms with van der Waals surface area (Å²) in [5, 5.41) is 0. The van der Waals surface area contributed by atoms with Crippen molar-refractivity contribution in [3.8, 4) is 17.2 Å². The molecule has 178 valence electrons. The molecule has 0 aliphatic heterocycles. The number of thiocarbonyl (C=S) groups is 1. The molecule has 2 aromatic carbocycles. The second-order valence-corrected chi connectivity index (χ2v) is 9.95. The van der Waals surface area contributed by atoms with Crippen LogP contribution in [0.25, 0.3) is 6.08 Å². The summed E-state index contributed by atoms with van der Waals surface area (Å²) in [5.41, 5.74) is 3.27. The molecular weight excluding hydrogens is 432 g/mol. The first-order valence-electron chi connectivity index (χ1n) is 11.2. The van der Waals surface area contributed by atoms with Gasteiger partial charge in [0.15, 0.2) is 17.3 Å². The van der Waals surface area contributed by atoms with Crippen molar-refractivity contribution in [3.05, 3.63) is 59.2 Å². The maximum atomic E-state index is 12.9. The summed E-state index contributed by atoms with van der Waals surface area (Å²) in [6, 6.07) is 12.0. The van der Waals surface area contributed by atoms with Gasteiger partial charge in [-0.15, -0.1) is 0 Å². The quantitative estimate of drug-likeness (QED) is 0.273. The second kappa shape index (κ2) is 12.0. The van der Waals surface area contributed by atoms with E-state index >= 15 is 0 Å². The van der Waals surface area contributed by atoms with Crippen LogP contribution in [0.2, 0.25) is 0 Å². The average Bonchev–Trinajstić information content (AvgIpc) is 2.77. The fourth-order valence-corrected chi connectivity index (χ4v) is 4.11. The summed E-state index contributed by atoms with van der Waals surface area (Å²) >= 11 is 5.74. The first kappa shape index (κ1) is 26.6. The number of rotatable bonds is 11. The Morgan fingerprint density at radius 2 is 1.61 bits per heavy atom. The van der Waals surface area contributed by atoms with Crippen molar-refractivity contribution in [2.75, 3.05) is 21.3 Å². The SMILES string of the molecule is COc1cc(/C=C/C(=O)CC(CC(=S)Cc2ccccc2C)C(C)(C)C)cc(OC)c1OC. The minimum absolute atomic E-state index is 0.0359. The van der Waals surface area contributed by atoms with Crippen LogP contribution in [0.5, 0.6) is 17.2 Å². The zero-order valence-corrected chi connectivity index (χ0v) is 21.7. The van der Waals surface area contributed by atoms with E-state index in [-0.39, 0.29) is 17.1 Å². The van der Waals surface area contributed by atoms with E-state index in [1.165, 1.54) is 11.1 Å². The lowest BCUT2D eigenvalue weighted by Crippen LogP contribution is -2.25. The minimum atomic E-state index is -0.0359. The minimum Gasteiger partial charge on any atom is -0.493 e. The Morgan fingerprint density at radius 1 is 1.00 bits per heavy atom. The molecular formula is C28H36O4S. The predicted octanol–water partition coefficient (Wildman–Crippen LogP) is 6.66. The van der Waals surface area contributed by atoms with E-state index in [0.29, 0.717) is 23.7 Å². The summed E-state index contributed by atoms with van der Waals surface area (Å²) in [4.78, 5) is 13.9. The molecule has 0 radical (unpaired) electrons. The molecule has 0 aliphatic carbocycles. The predicted molar refractivity (Wildman–Crippen MR) is 140 cm³/mol. The number of ketones is 1. The summed E-state index contributed by atoms with van der Waals surface area (Å²) in [5.74, 6) is 1.86. The number of ether oxygens (including phenoxy) is 3. The second-order valence-electron chi connectivity index (χ2n) is 9.37. The van der Waals surface area contributed by atoms with Crippen LogP contribution >= 0.6 is 12.2 Å². The molecule has 0 saturated carbocycles. The topological polar surface area (TPSA) is 44.8 Å². The normalized spacial score (nSPS) is 12.5. The molecule has 2 rings (SSSR count). The lowest BCUT2D eigenvalue weighted by atomic mass is 9.75. The molecule has 4 nitrogen and oxygen atoms in total. The van der Waals surface area contributed by atoms with E-state index in [9.17, 15) is 4.79 Å². The number of hydrogen-bond acceptors (Lipinski definition) is 5. The number of aryl methyl sites for hydroxylation is 1. The first-order valence-corrected chi connectivity index (χ1v) is 11.6. The highest BCUT2D eigenvalue weighted by Crippen LogP contribution is 2.38. The molecule has 1 unspecified atom stereocenters. The van der Waals surface area contributed by atoms with Crippen LogP contribution in [0.4, 0.5) is 0 Å². The molecule has 0 bridgehead atoms. The zero-order valence-electron chi connectivity index (χ0n) is 20.9. The number of carbonyl (C=O) groups excluding carboxylic acids is 1. The standard InChI is InChI=1S/C28H36O4S/c1-19-10-8-9-11-21(19)16-24(33)18-22(28(2,3)4)17-23(29)13-12-20-14-25(30-5)27(32-7)26(15-20)31-6/h8-15,22H,16-18H2,1-7H3/b13-12+. The van der Waals surface area contributed by atoms with Gasteiger partial charge in [0, 0.05) is 12.8 Å². The highest BCUT2D eigenvalue weighted by atomic mass is 32.1. The third-order valence-corrected chi connectivity index (χ3v) is 6.26. The maximum absolute atomic E-state index is 12.9. The van der Waals surface area contributed by atoms with Gasteiger partial charge in [0.25, 0.3) is 0 Å². The molecule has 5 heteroatoms. The van der Waals surface area contributed by atoms with Crippen molar-refractivity contribution in [1.82, 2.24) is 0 Å². The number of allylic oxidation sites excluding steroid dienone is 1. The molecule has 2 aromatic rings. The highest BCUT2D eigenvalue weighted by molar-refractivity contribution is 7.80. The smallest absolute Gasteiger partial charge is 0.203 e. The number of benzene rings is 2. The van der Waals surface area contributed by atoms with Crippen LogP contribution in [0.3, 0.4) is 0 Å². The van der Waals surface area contributed by atoms with Gasteiger partial charge in [0.05, 0.1) is 21.3 Å². The van der Waals surface area contributed by atoms with Crippen LogP contribution in [0.15, 0.2) is 42.5 Å². The van der Waals surface area contributed by atoms with E-state index in [4.69, 9.17) is 26.4 Å². The Kier molecular flexibility index (Phi) is 9.66. The largest absolute Gasteiger partial charge is 0.493 e. The van der Waals surface area contributed by atoms with Crippen molar-refractivity contribution in [1.29, 1.82) is 0 Å². The van der Waals surface area contributed by atoms with Crippen LogP contribution < -0.4 is 14.2 Å². The van der Waals surface area contributed by atoms with E-state index in [0.717, 1.165) is 23.3 Å². The fraction of sp³-hybridized carbons (Fsp3) is 0.429. The molecule has 0 aromatic heterocycles. The molecule has 0 amide bonds. The third kappa shape index (κ3) is 7.71. The Balaban J connectivity index is 2.12. The van der Waals surface area contributed by atoms with Gasteiger partial charge in [-0.2, -0.15) is 0 Å². The van der Waals surface area contributed by atoms with E-state index in [1.54, 1.807) is 33.5 Å². The first-order chi connectivity index (χ1) is 15.6. The van der Waals surface area contributed by atoms with Gasteiger partial charge >= 0.3 is 0 Å². The van der Waals surface area contributed by atoms with E-state index < -0.39 is 0 Å². The zero-order chi connectivity index (χ0) is 24.6. The van der Waals surface area contributed by atoms with Crippen molar-refractivity contribution >= 4 is 28.9 Å². The molecule has 0 saturated heterocycles. The lowest BCUT2D eigenvalue weighted by molar-refractivity contribution is -0.116. The monoisotopic (exact) mass is 468 g/mol. The van der Waals surface area contributed by atoms with Gasteiger partial charge in [-0.1, -0.05) is 63.3 Å². The van der Waals surface area contributed by atoms with Crippen molar-refractivity contribution in [3.63, 3.8) is 0 Å². The molecule has 0 aliphatic rings. The van der Waals surface area contributed by atoms with E-state index in [1.807, 2.05) is 24.3 Å². The molecule has 0 N–H and O–H groups in total. The van der Waals surface area contributed by atoms with Gasteiger partial charge in [-0.3, -0.25) is 4.79 Å². The number of carbonyl (C=O) groups is 1. The highest BCUT2D eigenvalue weighted by Gasteiger charge is 2.27. The fourth-order valence-electron chi connectivity index (χ4n) is 3.75. The van der Waals surface area contributed by atoms with Crippen LogP contribution in [-0.2, 0) is 11.2 Å². The molecule has 0 spiro atoms. The maximum Gasteiger partial charge on any atom is 0.203 e. The van der Waals surface area contributed by atoms with Gasteiger partial charge in [-0.25, -0.2) is 0 Å². The van der Waals surface area contributed by atoms with Gasteiger partial charge < -0.3 is 14.2 Å². The Labute approximate surface area is 203 Å². The summed E-state index contributed by atoms with van der Waals surface area (Å²) < 4.78 is 16.2. The van der Waals surface area contributed by atoms with Crippen molar-refractivity contribution in [2.24, 2.45) is 11.3 Å². The Bertz CT molecular complexity index is 976. The van der Waals surface area contributed by atoms with Gasteiger partial charge in [-0.05, 0) is 64.4 Å². The van der Waals surface area contributed by atoms with Crippen molar-refractivity contribution < 1.29 is 19.0 Å². The summed E-state index contributed by atoms with van der Waals surface area (Å²) in [6.45, 7) is 8.62. The van der Waals surface area contributed by atoms with Gasteiger partial charge in [0.2, 0.25) is 5.75 Å².